The Kier molecular flexibility index (Phi) is 7.35. The van der Waals surface area contributed by atoms with Crippen molar-refractivity contribution < 1.29 is 14.3 Å². The molecule has 0 aliphatic heterocycles. The highest BCUT2D eigenvalue weighted by molar-refractivity contribution is 6.07. The molecule has 0 unspecified atom stereocenters. The maximum atomic E-state index is 13.2. The summed E-state index contributed by atoms with van der Waals surface area (Å²) in [6.07, 6.45) is 1.71. The van der Waals surface area contributed by atoms with Crippen molar-refractivity contribution in [2.75, 3.05) is 6.61 Å². The number of amides is 2. The summed E-state index contributed by atoms with van der Waals surface area (Å²) in [7, 11) is 0. The van der Waals surface area contributed by atoms with Gasteiger partial charge in [0.05, 0.1) is 6.61 Å². The van der Waals surface area contributed by atoms with Crippen molar-refractivity contribution in [2.24, 2.45) is 0 Å². The second-order valence-corrected chi connectivity index (χ2v) is 7.68. The maximum absolute atomic E-state index is 13.2. The third-order valence-electron chi connectivity index (χ3n) is 5.34. The summed E-state index contributed by atoms with van der Waals surface area (Å²) in [6.45, 7) is 2.85. The zero-order chi connectivity index (χ0) is 23.8. The van der Waals surface area contributed by atoms with Gasteiger partial charge in [0.25, 0.3) is 11.8 Å². The van der Waals surface area contributed by atoms with Crippen LogP contribution in [0.15, 0.2) is 103 Å². The van der Waals surface area contributed by atoms with E-state index in [-0.39, 0.29) is 17.5 Å². The Morgan fingerprint density at radius 2 is 1.44 bits per heavy atom. The van der Waals surface area contributed by atoms with E-state index in [0.717, 1.165) is 27.6 Å². The molecule has 2 N–H and O–H groups in total. The van der Waals surface area contributed by atoms with E-state index in [1.54, 1.807) is 30.3 Å². The van der Waals surface area contributed by atoms with Gasteiger partial charge < -0.3 is 15.4 Å². The molecule has 0 saturated carbocycles. The molecule has 4 aromatic rings. The SMILES string of the molecule is CCOc1ccc(C=C(NC(=O)c2ccccc2)C(=O)NCc2ccccc2)c2ccccc12. The molecule has 2 amide bonds. The quantitative estimate of drug-likeness (QED) is 0.357. The molecule has 5 nitrogen and oxygen atoms in total. The van der Waals surface area contributed by atoms with Gasteiger partial charge in [0.1, 0.15) is 11.4 Å². The van der Waals surface area contributed by atoms with E-state index in [1.165, 1.54) is 0 Å². The number of carbonyl (C=O) groups is 2. The summed E-state index contributed by atoms with van der Waals surface area (Å²) in [4.78, 5) is 26.0. The monoisotopic (exact) mass is 450 g/mol. The van der Waals surface area contributed by atoms with Crippen LogP contribution in [0.2, 0.25) is 0 Å². The minimum absolute atomic E-state index is 0.166. The van der Waals surface area contributed by atoms with Crippen LogP contribution in [0, 0.1) is 0 Å². The highest BCUT2D eigenvalue weighted by Gasteiger charge is 2.16. The molecule has 0 atom stereocenters. The Balaban J connectivity index is 1.69. The predicted molar refractivity (Wildman–Crippen MR) is 135 cm³/mol. The first kappa shape index (κ1) is 22.8. The molecule has 5 heteroatoms. The molecular weight excluding hydrogens is 424 g/mol. The van der Waals surface area contributed by atoms with Gasteiger partial charge in [0.15, 0.2) is 0 Å². The van der Waals surface area contributed by atoms with Crippen molar-refractivity contribution >= 4 is 28.7 Å². The number of benzene rings is 4. The third-order valence-corrected chi connectivity index (χ3v) is 5.34. The number of hydrogen-bond donors (Lipinski definition) is 2. The number of ether oxygens (including phenoxy) is 1. The highest BCUT2D eigenvalue weighted by Crippen LogP contribution is 2.29. The maximum Gasteiger partial charge on any atom is 0.268 e. The topological polar surface area (TPSA) is 67.4 Å². The smallest absolute Gasteiger partial charge is 0.268 e. The van der Waals surface area contributed by atoms with Crippen LogP contribution < -0.4 is 15.4 Å². The number of carbonyl (C=O) groups excluding carboxylic acids is 2. The number of nitrogens with one attached hydrogen (secondary N) is 2. The van der Waals surface area contributed by atoms with Gasteiger partial charge in [0, 0.05) is 17.5 Å². The van der Waals surface area contributed by atoms with E-state index in [4.69, 9.17) is 4.74 Å². The minimum Gasteiger partial charge on any atom is -0.493 e. The Bertz CT molecular complexity index is 1320. The lowest BCUT2D eigenvalue weighted by Gasteiger charge is -2.13. The lowest BCUT2D eigenvalue weighted by atomic mass is 10.0. The van der Waals surface area contributed by atoms with Crippen molar-refractivity contribution in [3.8, 4) is 5.75 Å². The van der Waals surface area contributed by atoms with E-state index in [0.29, 0.717) is 18.7 Å². The Morgan fingerprint density at radius 1 is 0.794 bits per heavy atom. The van der Waals surface area contributed by atoms with Gasteiger partial charge >= 0.3 is 0 Å². The van der Waals surface area contributed by atoms with Gasteiger partial charge in [0.2, 0.25) is 0 Å². The molecule has 0 spiro atoms. The number of rotatable bonds is 8. The first-order valence-electron chi connectivity index (χ1n) is 11.2. The Labute approximate surface area is 199 Å². The van der Waals surface area contributed by atoms with Crippen LogP contribution in [0.1, 0.15) is 28.4 Å². The van der Waals surface area contributed by atoms with Crippen LogP contribution in [0.4, 0.5) is 0 Å². The summed E-state index contributed by atoms with van der Waals surface area (Å²) in [5.41, 5.74) is 2.41. The normalized spacial score (nSPS) is 11.1. The lowest BCUT2D eigenvalue weighted by molar-refractivity contribution is -0.117. The van der Waals surface area contributed by atoms with Crippen molar-refractivity contribution in [3.05, 3.63) is 119 Å². The van der Waals surface area contributed by atoms with Gasteiger partial charge in [-0.3, -0.25) is 9.59 Å². The first-order chi connectivity index (χ1) is 16.7. The molecule has 0 fully saturated rings. The molecule has 0 aliphatic rings. The van der Waals surface area contributed by atoms with Crippen LogP contribution in [0.5, 0.6) is 5.75 Å². The second-order valence-electron chi connectivity index (χ2n) is 7.68. The summed E-state index contributed by atoms with van der Waals surface area (Å²) >= 11 is 0. The molecule has 170 valence electrons. The van der Waals surface area contributed by atoms with E-state index < -0.39 is 0 Å². The molecule has 0 aromatic heterocycles. The Hall–Kier alpha value is -4.38. The molecule has 0 saturated heterocycles. The number of fused-ring (bicyclic) bond motifs is 1. The molecule has 34 heavy (non-hydrogen) atoms. The van der Waals surface area contributed by atoms with Crippen LogP contribution >= 0.6 is 0 Å². The standard InChI is InChI=1S/C29H26N2O3/c1-2-34-27-18-17-23(24-15-9-10-16-25(24)27)19-26(31-28(32)22-13-7-4-8-14-22)29(33)30-20-21-11-5-3-6-12-21/h3-19H,2,20H2,1H3,(H,30,33)(H,31,32). The van der Waals surface area contributed by atoms with Crippen LogP contribution in [0.3, 0.4) is 0 Å². The minimum atomic E-state index is -0.369. The van der Waals surface area contributed by atoms with Crippen molar-refractivity contribution in [1.29, 1.82) is 0 Å². The predicted octanol–water partition coefficient (Wildman–Crippen LogP) is 5.33. The van der Waals surface area contributed by atoms with Crippen LogP contribution in [-0.2, 0) is 11.3 Å². The van der Waals surface area contributed by atoms with Crippen molar-refractivity contribution in [1.82, 2.24) is 10.6 Å². The summed E-state index contributed by atoms with van der Waals surface area (Å²) < 4.78 is 5.77. The first-order valence-corrected chi connectivity index (χ1v) is 11.2. The number of hydrogen-bond acceptors (Lipinski definition) is 3. The van der Waals surface area contributed by atoms with Crippen LogP contribution in [-0.4, -0.2) is 18.4 Å². The van der Waals surface area contributed by atoms with E-state index >= 15 is 0 Å². The second kappa shape index (κ2) is 11.0. The van der Waals surface area contributed by atoms with Crippen LogP contribution in [0.25, 0.3) is 16.8 Å². The van der Waals surface area contributed by atoms with E-state index in [9.17, 15) is 9.59 Å². The Morgan fingerprint density at radius 3 is 2.15 bits per heavy atom. The molecule has 0 bridgehead atoms. The molecule has 0 heterocycles. The fourth-order valence-corrected chi connectivity index (χ4v) is 3.67. The largest absolute Gasteiger partial charge is 0.493 e. The fourth-order valence-electron chi connectivity index (χ4n) is 3.67. The summed E-state index contributed by atoms with van der Waals surface area (Å²) in [6, 6.07) is 30.1. The average Bonchev–Trinajstić information content (AvgIpc) is 2.89. The summed E-state index contributed by atoms with van der Waals surface area (Å²) in [5, 5.41) is 7.58. The fraction of sp³-hybridized carbons (Fsp3) is 0.103. The van der Waals surface area contributed by atoms with Crippen molar-refractivity contribution in [3.63, 3.8) is 0 Å². The zero-order valence-electron chi connectivity index (χ0n) is 19.0. The summed E-state index contributed by atoms with van der Waals surface area (Å²) in [5.74, 6) is 0.0571. The highest BCUT2D eigenvalue weighted by atomic mass is 16.5. The van der Waals surface area contributed by atoms with E-state index in [1.807, 2.05) is 79.7 Å². The van der Waals surface area contributed by atoms with Gasteiger partial charge in [-0.2, -0.15) is 0 Å². The zero-order valence-corrected chi connectivity index (χ0v) is 19.0. The molecule has 4 rings (SSSR count). The van der Waals surface area contributed by atoms with Gasteiger partial charge in [-0.25, -0.2) is 0 Å². The lowest BCUT2D eigenvalue weighted by Crippen LogP contribution is -2.34. The van der Waals surface area contributed by atoms with Gasteiger partial charge in [-0.05, 0) is 47.7 Å². The molecule has 0 aliphatic carbocycles. The van der Waals surface area contributed by atoms with Crippen molar-refractivity contribution in [2.45, 2.75) is 13.5 Å². The molecule has 0 radical (unpaired) electrons. The molecular formula is C29H26N2O3. The van der Waals surface area contributed by atoms with Gasteiger partial charge in [-0.15, -0.1) is 0 Å². The van der Waals surface area contributed by atoms with Gasteiger partial charge in [-0.1, -0.05) is 78.9 Å². The van der Waals surface area contributed by atoms with E-state index in [2.05, 4.69) is 10.6 Å². The third kappa shape index (κ3) is 5.51. The average molecular weight is 451 g/mol. The molecule has 4 aromatic carbocycles.